The summed E-state index contributed by atoms with van der Waals surface area (Å²) in [5, 5.41) is 8.74. The molecular weight excluding hydrogens is 370 g/mol. The highest BCUT2D eigenvalue weighted by molar-refractivity contribution is 6.34. The smallest absolute Gasteiger partial charge is 0.145 e. The van der Waals surface area contributed by atoms with Crippen molar-refractivity contribution in [2.75, 3.05) is 26.2 Å². The Hall–Kier alpha value is -1.43. The second-order valence-corrected chi connectivity index (χ2v) is 8.48. The molecule has 0 spiro atoms. The largest absolute Gasteiger partial charge is 0.329 e. The average molecular weight is 404 g/mol. The van der Waals surface area contributed by atoms with Crippen LogP contribution < -0.4 is 10.6 Å². The number of halogens is 1. The Kier molecular flexibility index (Phi) is 7.89. The van der Waals surface area contributed by atoms with Gasteiger partial charge in [-0.15, -0.1) is 6.58 Å². The number of nitrogens with zero attached hydrogens (tertiary/aromatic N) is 3. The molecule has 3 rings (SSSR count). The molecule has 0 radical (unpaired) electrons. The monoisotopic (exact) mass is 403 g/mol. The average Bonchev–Trinajstić information content (AvgIpc) is 3.28. The maximum absolute atomic E-state index is 6.35. The molecule has 0 bridgehead atoms. The normalized spacial score (nSPS) is 19.5. The van der Waals surface area contributed by atoms with Crippen molar-refractivity contribution >= 4 is 22.6 Å². The molecule has 0 aliphatic heterocycles. The van der Waals surface area contributed by atoms with E-state index in [9.17, 15) is 0 Å². The lowest BCUT2D eigenvalue weighted by molar-refractivity contribution is 0.451. The Bertz CT molecular complexity index is 785. The van der Waals surface area contributed by atoms with Gasteiger partial charge in [-0.2, -0.15) is 0 Å². The number of hydrogen-bond donors (Lipinski definition) is 2. The fraction of sp³-hybridized carbons (Fsp3) is 0.636. The van der Waals surface area contributed by atoms with Crippen molar-refractivity contribution in [3.05, 3.63) is 35.4 Å². The van der Waals surface area contributed by atoms with Crippen LogP contribution >= 0.6 is 11.6 Å². The summed E-state index contributed by atoms with van der Waals surface area (Å²) in [6.07, 6.45) is 10.7. The van der Waals surface area contributed by atoms with Crippen LogP contribution in [-0.2, 0) is 6.42 Å². The summed E-state index contributed by atoms with van der Waals surface area (Å²) in [5.41, 5.74) is 3.49. The molecule has 2 N–H and O–H groups in total. The van der Waals surface area contributed by atoms with E-state index in [0.717, 1.165) is 56.0 Å². The van der Waals surface area contributed by atoms with Gasteiger partial charge in [0.15, 0.2) is 0 Å². The quantitative estimate of drug-likeness (QED) is 0.329. The molecule has 2 heterocycles. The standard InChI is InChI=1S/C22H34ClN5/c1-4-18-14-28(22-20(18)21(23)26-15-27-22)19-7-6-17(12-19)13-25-10-5-9-24-11-8-16(2)3/h14-15,17,19,24-25H,2,4-13H2,1,3H3/t17-,19+/m1/s1. The van der Waals surface area contributed by atoms with E-state index in [4.69, 9.17) is 11.6 Å². The van der Waals surface area contributed by atoms with Gasteiger partial charge >= 0.3 is 0 Å². The Morgan fingerprint density at radius 2 is 2.07 bits per heavy atom. The van der Waals surface area contributed by atoms with Crippen LogP contribution in [0.5, 0.6) is 0 Å². The Balaban J connectivity index is 1.44. The Morgan fingerprint density at radius 1 is 1.25 bits per heavy atom. The van der Waals surface area contributed by atoms with Crippen molar-refractivity contribution in [1.29, 1.82) is 0 Å². The van der Waals surface area contributed by atoms with Gasteiger partial charge in [-0.3, -0.25) is 0 Å². The summed E-state index contributed by atoms with van der Waals surface area (Å²) in [6.45, 7) is 12.5. The zero-order chi connectivity index (χ0) is 19.9. The molecular formula is C22H34ClN5. The third kappa shape index (κ3) is 5.34. The van der Waals surface area contributed by atoms with Gasteiger partial charge in [-0.05, 0) is 83.1 Å². The van der Waals surface area contributed by atoms with Gasteiger partial charge in [0.1, 0.15) is 17.1 Å². The molecule has 0 amide bonds. The van der Waals surface area contributed by atoms with Gasteiger partial charge in [-0.25, -0.2) is 9.97 Å². The first-order chi connectivity index (χ1) is 13.6. The van der Waals surface area contributed by atoms with E-state index < -0.39 is 0 Å². The molecule has 1 fully saturated rings. The predicted octanol–water partition coefficient (Wildman–Crippen LogP) is 4.52. The zero-order valence-electron chi connectivity index (χ0n) is 17.3. The second-order valence-electron chi connectivity index (χ2n) is 8.13. The molecule has 6 heteroatoms. The van der Waals surface area contributed by atoms with Crippen LogP contribution in [0.25, 0.3) is 11.0 Å². The van der Waals surface area contributed by atoms with Gasteiger partial charge in [0, 0.05) is 12.2 Å². The number of nitrogens with one attached hydrogen (secondary N) is 2. The van der Waals surface area contributed by atoms with Crippen LogP contribution in [-0.4, -0.2) is 40.7 Å². The minimum Gasteiger partial charge on any atom is -0.329 e. The van der Waals surface area contributed by atoms with Crippen LogP contribution in [0.1, 0.15) is 57.6 Å². The van der Waals surface area contributed by atoms with E-state index >= 15 is 0 Å². The topological polar surface area (TPSA) is 54.8 Å². The molecule has 1 saturated carbocycles. The molecule has 2 atom stereocenters. The molecule has 0 unspecified atom stereocenters. The van der Waals surface area contributed by atoms with Crippen molar-refractivity contribution in [2.45, 2.75) is 58.4 Å². The lowest BCUT2D eigenvalue weighted by Crippen LogP contribution is -2.26. The van der Waals surface area contributed by atoms with Crippen molar-refractivity contribution in [1.82, 2.24) is 25.2 Å². The molecule has 2 aromatic heterocycles. The lowest BCUT2D eigenvalue weighted by atomic mass is 10.1. The van der Waals surface area contributed by atoms with Gasteiger partial charge in [0.25, 0.3) is 0 Å². The van der Waals surface area contributed by atoms with Crippen molar-refractivity contribution < 1.29 is 0 Å². The highest BCUT2D eigenvalue weighted by Gasteiger charge is 2.27. The molecule has 1 aliphatic rings. The van der Waals surface area contributed by atoms with Gasteiger partial charge < -0.3 is 15.2 Å². The van der Waals surface area contributed by atoms with E-state index in [-0.39, 0.29) is 0 Å². The molecule has 5 nitrogen and oxygen atoms in total. The number of rotatable bonds is 11. The van der Waals surface area contributed by atoms with Crippen LogP contribution in [0.15, 0.2) is 24.7 Å². The second kappa shape index (κ2) is 10.4. The molecule has 0 aromatic carbocycles. The van der Waals surface area contributed by atoms with E-state index in [0.29, 0.717) is 11.2 Å². The highest BCUT2D eigenvalue weighted by atomic mass is 35.5. The molecule has 0 saturated heterocycles. The molecule has 154 valence electrons. The maximum atomic E-state index is 6.35. The minimum absolute atomic E-state index is 0.518. The third-order valence-electron chi connectivity index (χ3n) is 5.80. The van der Waals surface area contributed by atoms with E-state index in [1.807, 2.05) is 0 Å². The SMILES string of the molecule is C=C(C)CCNCCCNC[C@@H]1CC[C@H](n2cc(CC)c3c(Cl)ncnc32)C1. The van der Waals surface area contributed by atoms with Crippen molar-refractivity contribution in [3.63, 3.8) is 0 Å². The summed E-state index contributed by atoms with van der Waals surface area (Å²) in [4.78, 5) is 8.72. The van der Waals surface area contributed by atoms with Gasteiger partial charge in [0.2, 0.25) is 0 Å². The van der Waals surface area contributed by atoms with E-state index in [2.05, 4.69) is 51.8 Å². The summed E-state index contributed by atoms with van der Waals surface area (Å²) in [6, 6.07) is 0.518. The van der Waals surface area contributed by atoms with Crippen LogP contribution in [0.4, 0.5) is 0 Å². The number of fused-ring (bicyclic) bond motifs is 1. The summed E-state index contributed by atoms with van der Waals surface area (Å²) < 4.78 is 2.35. The summed E-state index contributed by atoms with van der Waals surface area (Å²) in [7, 11) is 0. The van der Waals surface area contributed by atoms with Crippen LogP contribution in [0, 0.1) is 5.92 Å². The lowest BCUT2D eigenvalue weighted by Gasteiger charge is -2.15. The summed E-state index contributed by atoms with van der Waals surface area (Å²) in [5.74, 6) is 0.737. The first kappa shape index (κ1) is 21.3. The Labute approximate surface area is 174 Å². The number of aryl methyl sites for hydroxylation is 1. The molecule has 28 heavy (non-hydrogen) atoms. The minimum atomic E-state index is 0.518. The Morgan fingerprint density at radius 3 is 2.86 bits per heavy atom. The fourth-order valence-electron chi connectivity index (χ4n) is 4.23. The fourth-order valence-corrected chi connectivity index (χ4v) is 4.47. The van der Waals surface area contributed by atoms with Crippen LogP contribution in [0.2, 0.25) is 5.15 Å². The first-order valence-electron chi connectivity index (χ1n) is 10.7. The van der Waals surface area contributed by atoms with Gasteiger partial charge in [0.05, 0.1) is 5.39 Å². The maximum Gasteiger partial charge on any atom is 0.145 e. The van der Waals surface area contributed by atoms with Crippen molar-refractivity contribution in [2.24, 2.45) is 5.92 Å². The molecule has 1 aliphatic carbocycles. The molecule has 2 aromatic rings. The number of hydrogen-bond acceptors (Lipinski definition) is 4. The van der Waals surface area contributed by atoms with E-state index in [1.54, 1.807) is 6.33 Å². The number of aromatic nitrogens is 3. The predicted molar refractivity (Wildman–Crippen MR) is 118 cm³/mol. The van der Waals surface area contributed by atoms with Crippen LogP contribution in [0.3, 0.4) is 0 Å². The highest BCUT2D eigenvalue weighted by Crippen LogP contribution is 2.38. The first-order valence-corrected chi connectivity index (χ1v) is 11.0. The van der Waals surface area contributed by atoms with Crippen molar-refractivity contribution in [3.8, 4) is 0 Å². The third-order valence-corrected chi connectivity index (χ3v) is 6.08. The van der Waals surface area contributed by atoms with Gasteiger partial charge in [-0.1, -0.05) is 24.1 Å². The zero-order valence-corrected chi connectivity index (χ0v) is 18.1. The van der Waals surface area contributed by atoms with E-state index in [1.165, 1.54) is 36.8 Å². The summed E-state index contributed by atoms with van der Waals surface area (Å²) >= 11 is 6.35.